The van der Waals surface area contributed by atoms with Gasteiger partial charge in [0.2, 0.25) is 5.91 Å². The summed E-state index contributed by atoms with van der Waals surface area (Å²) in [6.45, 7) is 3.04. The molecule has 8 heteroatoms. The van der Waals surface area contributed by atoms with Gasteiger partial charge in [-0.15, -0.1) is 5.10 Å². The number of aromatic nitrogens is 2. The molecule has 1 N–H and O–H groups in total. The van der Waals surface area contributed by atoms with E-state index in [1.807, 2.05) is 0 Å². The van der Waals surface area contributed by atoms with Gasteiger partial charge in [-0.05, 0) is 0 Å². The normalized spacial score (nSPS) is 17.4. The van der Waals surface area contributed by atoms with Crippen LogP contribution in [0.2, 0.25) is 4.34 Å². The Hall–Kier alpha value is -0.760. The van der Waals surface area contributed by atoms with Crippen molar-refractivity contribution in [3.63, 3.8) is 0 Å². The first-order chi connectivity index (χ1) is 8.20. The van der Waals surface area contributed by atoms with Crippen molar-refractivity contribution in [3.05, 3.63) is 10.0 Å². The first-order valence-corrected chi connectivity index (χ1v) is 6.43. The molecular formula is C9H13ClN4O2S. The van der Waals surface area contributed by atoms with Crippen LogP contribution in [0.4, 0.5) is 0 Å². The summed E-state index contributed by atoms with van der Waals surface area (Å²) in [5.74, 6) is -0.210. The maximum atomic E-state index is 11.3. The van der Waals surface area contributed by atoms with Crippen LogP contribution < -0.4 is 0 Å². The molecular weight excluding hydrogens is 264 g/mol. The number of aliphatic hydroxyl groups is 1. The lowest BCUT2D eigenvalue weighted by molar-refractivity contribution is -0.136. The summed E-state index contributed by atoms with van der Waals surface area (Å²) in [6, 6.07) is 0. The molecule has 2 heterocycles. The Morgan fingerprint density at radius 3 is 2.65 bits per heavy atom. The van der Waals surface area contributed by atoms with Crippen LogP contribution in [0.15, 0.2) is 0 Å². The van der Waals surface area contributed by atoms with Crippen molar-refractivity contribution in [2.24, 2.45) is 0 Å². The van der Waals surface area contributed by atoms with Gasteiger partial charge < -0.3 is 10.0 Å². The topological polar surface area (TPSA) is 69.6 Å². The highest BCUT2D eigenvalue weighted by molar-refractivity contribution is 7.10. The number of carbonyl (C=O) groups excluding carboxylic acids is 1. The monoisotopic (exact) mass is 276 g/mol. The summed E-state index contributed by atoms with van der Waals surface area (Å²) in [5.41, 5.74) is 0.790. The molecule has 0 aliphatic carbocycles. The molecule has 1 fully saturated rings. The lowest BCUT2D eigenvalue weighted by Gasteiger charge is -2.33. The number of hydrogen-bond donors (Lipinski definition) is 1. The molecule has 0 atom stereocenters. The van der Waals surface area contributed by atoms with Crippen molar-refractivity contribution in [2.75, 3.05) is 32.8 Å². The number of piperazine rings is 1. The predicted molar refractivity (Wildman–Crippen MR) is 63.9 cm³/mol. The van der Waals surface area contributed by atoms with Crippen LogP contribution in [0.3, 0.4) is 0 Å². The van der Waals surface area contributed by atoms with Gasteiger partial charge in [-0.25, -0.2) is 0 Å². The molecule has 1 saturated heterocycles. The lowest BCUT2D eigenvalue weighted by atomic mass is 10.3. The quantitative estimate of drug-likeness (QED) is 0.830. The molecule has 0 saturated carbocycles. The Morgan fingerprint density at radius 2 is 2.12 bits per heavy atom. The standard InChI is InChI=1S/C9H13ClN4O2S/c10-9-7(11-12-17-9)5-13-1-3-14(4-2-13)8(16)6-15/h15H,1-6H2. The van der Waals surface area contributed by atoms with Crippen LogP contribution in [0, 0.1) is 0 Å². The maximum absolute atomic E-state index is 11.3. The van der Waals surface area contributed by atoms with Gasteiger partial charge in [0.05, 0.1) is 0 Å². The van der Waals surface area contributed by atoms with Crippen LogP contribution in [-0.2, 0) is 11.3 Å². The summed E-state index contributed by atoms with van der Waals surface area (Å²) in [4.78, 5) is 15.1. The Balaban J connectivity index is 1.83. The molecule has 17 heavy (non-hydrogen) atoms. The third kappa shape index (κ3) is 3.12. The average molecular weight is 277 g/mol. The van der Waals surface area contributed by atoms with Crippen LogP contribution in [0.25, 0.3) is 0 Å². The van der Waals surface area contributed by atoms with Crippen LogP contribution in [0.5, 0.6) is 0 Å². The second-order valence-electron chi connectivity index (χ2n) is 3.81. The number of rotatable bonds is 3. The summed E-state index contributed by atoms with van der Waals surface area (Å²) in [7, 11) is 0. The molecule has 1 aromatic heterocycles. The molecule has 6 nitrogen and oxygen atoms in total. The molecule has 94 valence electrons. The minimum atomic E-state index is -0.415. The largest absolute Gasteiger partial charge is 0.387 e. The highest BCUT2D eigenvalue weighted by Crippen LogP contribution is 2.19. The fraction of sp³-hybridized carbons (Fsp3) is 0.667. The van der Waals surface area contributed by atoms with Gasteiger partial charge in [-0.1, -0.05) is 16.1 Å². The number of nitrogens with zero attached hydrogens (tertiary/aromatic N) is 4. The summed E-state index contributed by atoms with van der Waals surface area (Å²) < 4.78 is 4.40. The first kappa shape index (κ1) is 12.7. The van der Waals surface area contributed by atoms with Gasteiger partial charge >= 0.3 is 0 Å². The zero-order chi connectivity index (χ0) is 12.3. The second-order valence-corrected chi connectivity index (χ2v) is 5.16. The minimum Gasteiger partial charge on any atom is -0.387 e. The third-order valence-corrected chi connectivity index (χ3v) is 3.73. The number of amides is 1. The lowest BCUT2D eigenvalue weighted by Crippen LogP contribution is -2.49. The highest BCUT2D eigenvalue weighted by atomic mass is 35.5. The molecule has 1 aliphatic rings. The SMILES string of the molecule is O=C(CO)N1CCN(Cc2nnsc2Cl)CC1. The summed E-state index contributed by atoms with van der Waals surface area (Å²) in [6.07, 6.45) is 0. The van der Waals surface area contributed by atoms with Crippen molar-refractivity contribution in [1.29, 1.82) is 0 Å². The van der Waals surface area contributed by atoms with E-state index in [1.54, 1.807) is 4.90 Å². The molecule has 0 radical (unpaired) electrons. The molecule has 0 unspecified atom stereocenters. The highest BCUT2D eigenvalue weighted by Gasteiger charge is 2.21. The minimum absolute atomic E-state index is 0.210. The summed E-state index contributed by atoms with van der Waals surface area (Å²) >= 11 is 7.11. The first-order valence-electron chi connectivity index (χ1n) is 5.28. The predicted octanol–water partition coefficient (Wildman–Crippen LogP) is -0.172. The molecule has 0 spiro atoms. The van der Waals surface area contributed by atoms with E-state index in [4.69, 9.17) is 16.7 Å². The van der Waals surface area contributed by atoms with Gasteiger partial charge in [0.25, 0.3) is 0 Å². The van der Waals surface area contributed by atoms with E-state index in [0.29, 0.717) is 24.0 Å². The Bertz CT molecular complexity index is 392. The van der Waals surface area contributed by atoms with E-state index in [-0.39, 0.29) is 5.91 Å². The molecule has 0 bridgehead atoms. The van der Waals surface area contributed by atoms with Gasteiger partial charge in [-0.3, -0.25) is 9.69 Å². The van der Waals surface area contributed by atoms with Crippen molar-refractivity contribution in [2.45, 2.75) is 6.54 Å². The van der Waals surface area contributed by atoms with E-state index < -0.39 is 6.61 Å². The van der Waals surface area contributed by atoms with Crippen molar-refractivity contribution in [3.8, 4) is 0 Å². The van der Waals surface area contributed by atoms with Gasteiger partial charge in [0, 0.05) is 44.3 Å². The van der Waals surface area contributed by atoms with Crippen LogP contribution in [0.1, 0.15) is 5.69 Å². The van der Waals surface area contributed by atoms with Crippen molar-refractivity contribution >= 4 is 29.0 Å². The van der Waals surface area contributed by atoms with Gasteiger partial charge in [0.1, 0.15) is 16.6 Å². The maximum Gasteiger partial charge on any atom is 0.248 e. The molecule has 1 aliphatic heterocycles. The Kier molecular flexibility index (Phi) is 4.27. The third-order valence-electron chi connectivity index (χ3n) is 2.74. The molecule has 1 aromatic rings. The van der Waals surface area contributed by atoms with Crippen LogP contribution in [-0.4, -0.2) is 63.2 Å². The smallest absolute Gasteiger partial charge is 0.248 e. The zero-order valence-corrected chi connectivity index (χ0v) is 10.7. The van der Waals surface area contributed by atoms with Gasteiger partial charge in [-0.2, -0.15) is 0 Å². The second kappa shape index (κ2) is 5.72. The molecule has 0 aromatic carbocycles. The fourth-order valence-electron chi connectivity index (χ4n) is 1.76. The van der Waals surface area contributed by atoms with Gasteiger partial charge in [0.15, 0.2) is 0 Å². The Labute approximate surface area is 108 Å². The van der Waals surface area contributed by atoms with E-state index in [9.17, 15) is 4.79 Å². The number of halogens is 1. The van der Waals surface area contributed by atoms with Crippen LogP contribution >= 0.6 is 23.1 Å². The van der Waals surface area contributed by atoms with E-state index in [1.165, 1.54) is 11.5 Å². The van der Waals surface area contributed by atoms with Crippen molar-refractivity contribution in [1.82, 2.24) is 19.4 Å². The van der Waals surface area contributed by atoms with E-state index in [0.717, 1.165) is 18.8 Å². The number of hydrogen-bond acceptors (Lipinski definition) is 6. The average Bonchev–Trinajstić information content (AvgIpc) is 2.75. The Morgan fingerprint density at radius 1 is 1.41 bits per heavy atom. The molecule has 1 amide bonds. The summed E-state index contributed by atoms with van der Waals surface area (Å²) in [5, 5.41) is 12.7. The molecule has 2 rings (SSSR count). The number of aliphatic hydroxyl groups excluding tert-OH is 1. The zero-order valence-electron chi connectivity index (χ0n) is 9.17. The van der Waals surface area contributed by atoms with E-state index >= 15 is 0 Å². The fourth-order valence-corrected chi connectivity index (χ4v) is 2.37. The van der Waals surface area contributed by atoms with Crippen molar-refractivity contribution < 1.29 is 9.90 Å². The van der Waals surface area contributed by atoms with E-state index in [2.05, 4.69) is 14.5 Å². The number of carbonyl (C=O) groups is 1.